The lowest BCUT2D eigenvalue weighted by molar-refractivity contribution is -0.385. The third-order valence-electron chi connectivity index (χ3n) is 2.80. The molecule has 0 aliphatic rings. The number of nitrogens with zero attached hydrogens (tertiary/aromatic N) is 1. The summed E-state index contributed by atoms with van der Waals surface area (Å²) < 4.78 is 6.18. The van der Waals surface area contributed by atoms with Crippen molar-refractivity contribution in [2.24, 2.45) is 0 Å². The lowest BCUT2D eigenvalue weighted by Gasteiger charge is -2.11. The van der Waals surface area contributed by atoms with Gasteiger partial charge in [-0.15, -0.1) is 0 Å². The maximum absolute atomic E-state index is 10.9. The molecule has 4 nitrogen and oxygen atoms in total. The molecule has 0 amide bonds. The van der Waals surface area contributed by atoms with Gasteiger partial charge in [0.05, 0.1) is 4.92 Å². The molecule has 0 heterocycles. The molecule has 2 aromatic carbocycles. The summed E-state index contributed by atoms with van der Waals surface area (Å²) in [6.45, 7) is 0.226. The molecule has 0 fully saturated rings. The van der Waals surface area contributed by atoms with Crippen molar-refractivity contribution in [1.82, 2.24) is 0 Å². The van der Waals surface area contributed by atoms with Crippen LogP contribution in [0.2, 0.25) is 5.02 Å². The van der Waals surface area contributed by atoms with Crippen molar-refractivity contribution < 1.29 is 9.66 Å². The second kappa shape index (κ2) is 7.24. The van der Waals surface area contributed by atoms with Crippen molar-refractivity contribution in [3.63, 3.8) is 0 Å². The fourth-order valence-corrected chi connectivity index (χ4v) is 2.92. The van der Waals surface area contributed by atoms with Gasteiger partial charge in [-0.05, 0) is 34.1 Å². The summed E-state index contributed by atoms with van der Waals surface area (Å²) in [5.74, 6) is 0.690. The van der Waals surface area contributed by atoms with Gasteiger partial charge in [0.1, 0.15) is 16.8 Å². The predicted octanol–water partition coefficient (Wildman–Crippen LogP) is 5.48. The summed E-state index contributed by atoms with van der Waals surface area (Å²) in [5, 5.41) is 12.1. The van der Waals surface area contributed by atoms with Crippen LogP contribution < -0.4 is 4.74 Å². The molecule has 0 aromatic heterocycles. The second-order valence-electron chi connectivity index (χ2n) is 4.18. The molecule has 2 rings (SSSR count). The number of benzene rings is 2. The summed E-state index contributed by atoms with van der Waals surface area (Å²) in [6.07, 6.45) is 0. The first-order chi connectivity index (χ1) is 10.0. The number of halogens is 3. The maximum atomic E-state index is 10.9. The molecule has 0 bridgehead atoms. The van der Waals surface area contributed by atoms with Crippen LogP contribution in [-0.4, -0.2) is 4.92 Å². The fourth-order valence-electron chi connectivity index (χ4n) is 1.77. The Morgan fingerprint density at radius 2 is 2.00 bits per heavy atom. The highest BCUT2D eigenvalue weighted by Gasteiger charge is 2.15. The second-order valence-corrected chi connectivity index (χ2v) is 5.97. The molecule has 0 saturated carbocycles. The molecule has 0 spiro atoms. The summed E-state index contributed by atoms with van der Waals surface area (Å²) >= 11 is 12.6. The fraction of sp³-hybridized carbons (Fsp3) is 0.143. The van der Waals surface area contributed by atoms with Gasteiger partial charge in [-0.3, -0.25) is 10.1 Å². The van der Waals surface area contributed by atoms with Crippen LogP contribution >= 0.6 is 43.5 Å². The van der Waals surface area contributed by atoms with Crippen molar-refractivity contribution in [3.05, 3.63) is 67.1 Å². The smallest absolute Gasteiger partial charge is 0.283 e. The van der Waals surface area contributed by atoms with Gasteiger partial charge in [0.25, 0.3) is 5.69 Å². The van der Waals surface area contributed by atoms with E-state index in [1.165, 1.54) is 6.07 Å². The zero-order valence-electron chi connectivity index (χ0n) is 10.7. The number of ether oxygens (including phenoxy) is 1. The Labute approximate surface area is 143 Å². The summed E-state index contributed by atoms with van der Waals surface area (Å²) in [6, 6.07) is 10.2. The quantitative estimate of drug-likeness (QED) is 0.355. The van der Waals surface area contributed by atoms with Gasteiger partial charge in [-0.25, -0.2) is 0 Å². The molecule has 0 radical (unpaired) electrons. The van der Waals surface area contributed by atoms with Crippen LogP contribution in [0.15, 0.2) is 40.9 Å². The highest BCUT2D eigenvalue weighted by molar-refractivity contribution is 9.10. The first kappa shape index (κ1) is 16.3. The molecule has 0 atom stereocenters. The highest BCUT2D eigenvalue weighted by Crippen LogP contribution is 2.30. The SMILES string of the molecule is O=[N+]([O-])c1cccc(COc2ccc(Cl)cc2CBr)c1Br. The average molecular weight is 435 g/mol. The third-order valence-corrected chi connectivity index (χ3v) is 4.56. The van der Waals surface area contributed by atoms with E-state index < -0.39 is 4.92 Å². The van der Waals surface area contributed by atoms with Gasteiger partial charge in [0, 0.05) is 27.5 Å². The van der Waals surface area contributed by atoms with E-state index >= 15 is 0 Å². The van der Waals surface area contributed by atoms with Crippen molar-refractivity contribution >= 4 is 49.1 Å². The van der Waals surface area contributed by atoms with E-state index in [1.54, 1.807) is 24.3 Å². The molecule has 0 unspecified atom stereocenters. The van der Waals surface area contributed by atoms with E-state index in [0.29, 0.717) is 26.1 Å². The summed E-state index contributed by atoms with van der Waals surface area (Å²) in [4.78, 5) is 10.5. The van der Waals surface area contributed by atoms with Crippen LogP contribution in [0.5, 0.6) is 5.75 Å². The van der Waals surface area contributed by atoms with E-state index in [4.69, 9.17) is 16.3 Å². The van der Waals surface area contributed by atoms with Gasteiger partial charge in [-0.2, -0.15) is 0 Å². The number of nitro benzene ring substituents is 1. The van der Waals surface area contributed by atoms with E-state index in [1.807, 2.05) is 6.07 Å². The standard InChI is InChI=1S/C14H10Br2ClNO3/c15-7-10-6-11(17)4-5-13(10)21-8-9-2-1-3-12(14(9)16)18(19)20/h1-6H,7-8H2. The third kappa shape index (κ3) is 3.96. The predicted molar refractivity (Wildman–Crippen MR) is 89.2 cm³/mol. The molecule has 0 N–H and O–H groups in total. The Bertz CT molecular complexity index is 679. The minimum absolute atomic E-state index is 0.0212. The first-order valence-electron chi connectivity index (χ1n) is 5.92. The normalized spacial score (nSPS) is 10.4. The molecule has 0 saturated heterocycles. The lowest BCUT2D eigenvalue weighted by Crippen LogP contribution is -2.00. The van der Waals surface area contributed by atoms with Crippen molar-refractivity contribution in [2.75, 3.05) is 0 Å². The van der Waals surface area contributed by atoms with Crippen LogP contribution in [0.25, 0.3) is 0 Å². The molecular weight excluding hydrogens is 425 g/mol. The Balaban J connectivity index is 2.21. The number of hydrogen-bond donors (Lipinski definition) is 0. The molecule has 110 valence electrons. The number of hydrogen-bond acceptors (Lipinski definition) is 3. The Hall–Kier alpha value is -1.11. The zero-order chi connectivity index (χ0) is 15.4. The van der Waals surface area contributed by atoms with Crippen LogP contribution in [0, 0.1) is 10.1 Å². The van der Waals surface area contributed by atoms with Gasteiger partial charge >= 0.3 is 0 Å². The monoisotopic (exact) mass is 433 g/mol. The van der Waals surface area contributed by atoms with E-state index in [0.717, 1.165) is 5.56 Å². The van der Waals surface area contributed by atoms with Crippen molar-refractivity contribution in [3.8, 4) is 5.75 Å². The summed E-state index contributed by atoms with van der Waals surface area (Å²) in [5.41, 5.74) is 1.65. The largest absolute Gasteiger partial charge is 0.489 e. The van der Waals surface area contributed by atoms with Gasteiger partial charge in [0.2, 0.25) is 0 Å². The average Bonchev–Trinajstić information content (AvgIpc) is 2.46. The lowest BCUT2D eigenvalue weighted by atomic mass is 10.2. The molecule has 7 heteroatoms. The van der Waals surface area contributed by atoms with Crippen molar-refractivity contribution in [1.29, 1.82) is 0 Å². The highest BCUT2D eigenvalue weighted by atomic mass is 79.9. The zero-order valence-corrected chi connectivity index (χ0v) is 14.6. The minimum atomic E-state index is -0.431. The maximum Gasteiger partial charge on any atom is 0.283 e. The molecule has 2 aromatic rings. The Kier molecular flexibility index (Phi) is 5.61. The topological polar surface area (TPSA) is 52.4 Å². The van der Waals surface area contributed by atoms with Crippen molar-refractivity contribution in [2.45, 2.75) is 11.9 Å². The molecular formula is C14H10Br2ClNO3. The van der Waals surface area contributed by atoms with Gasteiger partial charge in [-0.1, -0.05) is 39.7 Å². The Morgan fingerprint density at radius 1 is 1.24 bits per heavy atom. The number of rotatable bonds is 5. The Morgan fingerprint density at radius 3 is 2.67 bits per heavy atom. The number of alkyl halides is 1. The minimum Gasteiger partial charge on any atom is -0.489 e. The van der Waals surface area contributed by atoms with E-state index in [2.05, 4.69) is 31.9 Å². The first-order valence-corrected chi connectivity index (χ1v) is 8.21. The van der Waals surface area contributed by atoms with Crippen LogP contribution in [0.4, 0.5) is 5.69 Å². The molecule has 0 aliphatic heterocycles. The van der Waals surface area contributed by atoms with Gasteiger partial charge < -0.3 is 4.74 Å². The summed E-state index contributed by atoms with van der Waals surface area (Å²) in [7, 11) is 0. The molecule has 0 aliphatic carbocycles. The van der Waals surface area contributed by atoms with Crippen LogP contribution in [0.1, 0.15) is 11.1 Å². The molecule has 21 heavy (non-hydrogen) atoms. The van der Waals surface area contributed by atoms with E-state index in [9.17, 15) is 10.1 Å². The van der Waals surface area contributed by atoms with Crippen LogP contribution in [-0.2, 0) is 11.9 Å². The van der Waals surface area contributed by atoms with Crippen LogP contribution in [0.3, 0.4) is 0 Å². The van der Waals surface area contributed by atoms with Gasteiger partial charge in [0.15, 0.2) is 0 Å². The van der Waals surface area contributed by atoms with E-state index in [-0.39, 0.29) is 12.3 Å². The number of nitro groups is 1.